The van der Waals surface area contributed by atoms with Gasteiger partial charge in [-0.3, -0.25) is 0 Å². The normalized spacial score (nSPS) is 9.80. The van der Waals surface area contributed by atoms with E-state index in [1.54, 1.807) is 42.5 Å². The number of aromatic carboxylic acids is 1. The molecular formula is C15H11ClN2O2. The number of carboxylic acid groups (broad SMARTS) is 1. The van der Waals surface area contributed by atoms with Crippen LogP contribution in [0.2, 0.25) is 5.02 Å². The molecule has 20 heavy (non-hydrogen) atoms. The van der Waals surface area contributed by atoms with Gasteiger partial charge in [0.2, 0.25) is 0 Å². The molecule has 100 valence electrons. The number of halogens is 1. The standard InChI is InChI=1S/C15H11ClN2O2/c16-12-6-5-10(8-17)14(7-12)18-9-11-3-1-2-4-13(11)15(19)20/h1-7,18H,9H2,(H,19,20). The summed E-state index contributed by atoms with van der Waals surface area (Å²) in [5.74, 6) is -0.978. The van der Waals surface area contributed by atoms with Crippen molar-refractivity contribution < 1.29 is 9.90 Å². The summed E-state index contributed by atoms with van der Waals surface area (Å²) in [5, 5.41) is 21.7. The van der Waals surface area contributed by atoms with Crippen LogP contribution < -0.4 is 5.32 Å². The molecule has 0 aliphatic carbocycles. The van der Waals surface area contributed by atoms with Crippen molar-refractivity contribution >= 4 is 23.3 Å². The van der Waals surface area contributed by atoms with Gasteiger partial charge in [-0.1, -0.05) is 29.8 Å². The number of rotatable bonds is 4. The van der Waals surface area contributed by atoms with Gasteiger partial charge in [-0.15, -0.1) is 0 Å². The van der Waals surface area contributed by atoms with Crippen molar-refractivity contribution in [3.63, 3.8) is 0 Å². The zero-order chi connectivity index (χ0) is 14.5. The van der Waals surface area contributed by atoms with Crippen LogP contribution in [0, 0.1) is 11.3 Å². The van der Waals surface area contributed by atoms with Crippen molar-refractivity contribution in [1.29, 1.82) is 5.26 Å². The lowest BCUT2D eigenvalue weighted by Crippen LogP contribution is -2.07. The molecule has 0 amide bonds. The second-order valence-electron chi connectivity index (χ2n) is 4.12. The molecular weight excluding hydrogens is 276 g/mol. The second kappa shape index (κ2) is 6.09. The third-order valence-corrected chi connectivity index (χ3v) is 3.05. The quantitative estimate of drug-likeness (QED) is 0.902. The fourth-order valence-electron chi connectivity index (χ4n) is 1.83. The average molecular weight is 287 g/mol. The maximum absolute atomic E-state index is 11.1. The first-order valence-corrected chi connectivity index (χ1v) is 6.24. The highest BCUT2D eigenvalue weighted by atomic mass is 35.5. The summed E-state index contributed by atoms with van der Waals surface area (Å²) in [6, 6.07) is 13.7. The van der Waals surface area contributed by atoms with Gasteiger partial charge in [0.25, 0.3) is 0 Å². The highest BCUT2D eigenvalue weighted by molar-refractivity contribution is 6.30. The largest absolute Gasteiger partial charge is 0.478 e. The number of carboxylic acids is 1. The van der Waals surface area contributed by atoms with Crippen molar-refractivity contribution in [3.05, 3.63) is 64.2 Å². The molecule has 5 heteroatoms. The van der Waals surface area contributed by atoms with E-state index in [9.17, 15) is 4.79 Å². The molecule has 2 rings (SSSR count). The molecule has 2 aromatic rings. The summed E-state index contributed by atoms with van der Waals surface area (Å²) in [6.07, 6.45) is 0. The summed E-state index contributed by atoms with van der Waals surface area (Å²) >= 11 is 5.89. The number of nitrogens with one attached hydrogen (secondary N) is 1. The first-order valence-electron chi connectivity index (χ1n) is 5.86. The van der Waals surface area contributed by atoms with Gasteiger partial charge in [-0.25, -0.2) is 4.79 Å². The molecule has 0 aliphatic heterocycles. The van der Waals surface area contributed by atoms with E-state index in [1.165, 1.54) is 0 Å². The molecule has 0 unspecified atom stereocenters. The molecule has 0 atom stereocenters. The first kappa shape index (κ1) is 13.9. The van der Waals surface area contributed by atoms with Gasteiger partial charge in [-0.05, 0) is 29.8 Å². The molecule has 0 saturated carbocycles. The Kier molecular flexibility index (Phi) is 4.24. The van der Waals surface area contributed by atoms with E-state index in [-0.39, 0.29) is 5.56 Å². The Labute approximate surface area is 121 Å². The van der Waals surface area contributed by atoms with Gasteiger partial charge >= 0.3 is 5.97 Å². The van der Waals surface area contributed by atoms with Gasteiger partial charge < -0.3 is 10.4 Å². The zero-order valence-corrected chi connectivity index (χ0v) is 11.2. The molecule has 0 bridgehead atoms. The summed E-state index contributed by atoms with van der Waals surface area (Å²) in [4.78, 5) is 11.1. The van der Waals surface area contributed by atoms with E-state index in [4.69, 9.17) is 22.0 Å². The van der Waals surface area contributed by atoms with Gasteiger partial charge in [0.15, 0.2) is 0 Å². The van der Waals surface area contributed by atoms with Gasteiger partial charge in [-0.2, -0.15) is 5.26 Å². The minimum absolute atomic E-state index is 0.237. The molecule has 0 fully saturated rings. The number of hydrogen-bond acceptors (Lipinski definition) is 3. The van der Waals surface area contributed by atoms with Crippen LogP contribution in [0.3, 0.4) is 0 Å². The Morgan fingerprint density at radius 2 is 2.05 bits per heavy atom. The molecule has 4 nitrogen and oxygen atoms in total. The van der Waals surface area contributed by atoms with Crippen LogP contribution in [-0.4, -0.2) is 11.1 Å². The second-order valence-corrected chi connectivity index (χ2v) is 4.55. The van der Waals surface area contributed by atoms with Crippen LogP contribution >= 0.6 is 11.6 Å². The average Bonchev–Trinajstić information content (AvgIpc) is 2.45. The predicted molar refractivity (Wildman–Crippen MR) is 76.9 cm³/mol. The van der Waals surface area contributed by atoms with E-state index in [0.717, 1.165) is 0 Å². The Hall–Kier alpha value is -2.51. The van der Waals surface area contributed by atoms with Crippen LogP contribution in [0.25, 0.3) is 0 Å². The van der Waals surface area contributed by atoms with Crippen molar-refractivity contribution in [1.82, 2.24) is 0 Å². The molecule has 0 spiro atoms. The number of nitriles is 1. The summed E-state index contributed by atoms with van der Waals surface area (Å²) < 4.78 is 0. The predicted octanol–water partition coefficient (Wildman–Crippen LogP) is 3.52. The first-order chi connectivity index (χ1) is 9.61. The van der Waals surface area contributed by atoms with Crippen LogP contribution in [0.15, 0.2) is 42.5 Å². The molecule has 0 saturated heterocycles. The number of nitrogens with zero attached hydrogens (tertiary/aromatic N) is 1. The SMILES string of the molecule is N#Cc1ccc(Cl)cc1NCc1ccccc1C(=O)O. The fourth-order valence-corrected chi connectivity index (χ4v) is 2.01. The van der Waals surface area contributed by atoms with Crippen LogP contribution in [0.5, 0.6) is 0 Å². The van der Waals surface area contributed by atoms with Crippen molar-refractivity contribution in [3.8, 4) is 6.07 Å². The van der Waals surface area contributed by atoms with Gasteiger partial charge in [0.05, 0.1) is 16.8 Å². The number of carbonyl (C=O) groups is 1. The summed E-state index contributed by atoms with van der Waals surface area (Å²) in [6.45, 7) is 0.303. The van der Waals surface area contributed by atoms with Crippen molar-refractivity contribution in [2.45, 2.75) is 6.54 Å². The van der Waals surface area contributed by atoms with Gasteiger partial charge in [0.1, 0.15) is 6.07 Å². The van der Waals surface area contributed by atoms with Crippen LogP contribution in [0.4, 0.5) is 5.69 Å². The Balaban J connectivity index is 2.24. The lowest BCUT2D eigenvalue weighted by molar-refractivity contribution is 0.0696. The van der Waals surface area contributed by atoms with E-state index < -0.39 is 5.97 Å². The maximum Gasteiger partial charge on any atom is 0.336 e. The Morgan fingerprint density at radius 3 is 2.75 bits per heavy atom. The Bertz CT molecular complexity index is 693. The van der Waals surface area contributed by atoms with E-state index in [2.05, 4.69) is 11.4 Å². The third kappa shape index (κ3) is 3.08. The van der Waals surface area contributed by atoms with Crippen LogP contribution in [0.1, 0.15) is 21.5 Å². The number of benzene rings is 2. The van der Waals surface area contributed by atoms with Crippen LogP contribution in [-0.2, 0) is 6.54 Å². The highest BCUT2D eigenvalue weighted by Crippen LogP contribution is 2.21. The molecule has 2 aromatic carbocycles. The molecule has 0 aliphatic rings. The molecule has 0 heterocycles. The monoisotopic (exact) mass is 286 g/mol. The Morgan fingerprint density at radius 1 is 1.30 bits per heavy atom. The summed E-state index contributed by atoms with van der Waals surface area (Å²) in [5.41, 5.74) is 1.92. The van der Waals surface area contributed by atoms with E-state index in [1.807, 2.05) is 0 Å². The number of anilines is 1. The smallest absolute Gasteiger partial charge is 0.336 e. The third-order valence-electron chi connectivity index (χ3n) is 2.82. The minimum atomic E-state index is -0.978. The van der Waals surface area contributed by atoms with E-state index >= 15 is 0 Å². The zero-order valence-electron chi connectivity index (χ0n) is 10.4. The minimum Gasteiger partial charge on any atom is -0.478 e. The lowest BCUT2D eigenvalue weighted by atomic mass is 10.1. The topological polar surface area (TPSA) is 73.1 Å². The van der Waals surface area contributed by atoms with Crippen molar-refractivity contribution in [2.75, 3.05) is 5.32 Å². The molecule has 2 N–H and O–H groups in total. The van der Waals surface area contributed by atoms with Gasteiger partial charge in [0, 0.05) is 11.6 Å². The molecule has 0 radical (unpaired) electrons. The number of hydrogen-bond donors (Lipinski definition) is 2. The molecule has 0 aromatic heterocycles. The highest BCUT2D eigenvalue weighted by Gasteiger charge is 2.09. The fraction of sp³-hybridized carbons (Fsp3) is 0.0667. The van der Waals surface area contributed by atoms with Crippen molar-refractivity contribution in [2.24, 2.45) is 0 Å². The summed E-state index contributed by atoms with van der Waals surface area (Å²) in [7, 11) is 0. The lowest BCUT2D eigenvalue weighted by Gasteiger charge is -2.10. The van der Waals surface area contributed by atoms with E-state index in [0.29, 0.717) is 28.4 Å². The maximum atomic E-state index is 11.1.